The van der Waals surface area contributed by atoms with E-state index in [0.29, 0.717) is 11.6 Å². The fourth-order valence-electron chi connectivity index (χ4n) is 2.64. The van der Waals surface area contributed by atoms with Gasteiger partial charge in [-0.3, -0.25) is 9.59 Å². The molecule has 2 aromatic carbocycles. The molecule has 29 heavy (non-hydrogen) atoms. The normalized spacial score (nSPS) is 11.6. The first-order valence-corrected chi connectivity index (χ1v) is 9.67. The van der Waals surface area contributed by atoms with Crippen molar-refractivity contribution >= 4 is 29.4 Å². The highest BCUT2D eigenvalue weighted by Crippen LogP contribution is 2.16. The van der Waals surface area contributed by atoms with Crippen molar-refractivity contribution < 1.29 is 19.1 Å². The molecule has 0 aromatic heterocycles. The summed E-state index contributed by atoms with van der Waals surface area (Å²) in [4.78, 5) is 38.7. The number of esters is 1. The molecule has 0 aliphatic heterocycles. The topological polar surface area (TPSA) is 75.7 Å². The Labute approximate surface area is 175 Å². The van der Waals surface area contributed by atoms with Crippen molar-refractivity contribution in [1.29, 1.82) is 0 Å². The molecule has 0 fully saturated rings. The van der Waals surface area contributed by atoms with Crippen LogP contribution in [0.5, 0.6) is 0 Å². The van der Waals surface area contributed by atoms with E-state index < -0.39 is 24.5 Å². The van der Waals surface area contributed by atoms with Gasteiger partial charge in [-0.1, -0.05) is 67.9 Å². The maximum absolute atomic E-state index is 12.5. The molecule has 2 rings (SSSR count). The van der Waals surface area contributed by atoms with Gasteiger partial charge in [-0.2, -0.15) is 0 Å². The van der Waals surface area contributed by atoms with E-state index >= 15 is 0 Å². The van der Waals surface area contributed by atoms with Crippen LogP contribution in [0.2, 0.25) is 5.02 Å². The van der Waals surface area contributed by atoms with E-state index in [9.17, 15) is 14.4 Å². The number of benzene rings is 2. The van der Waals surface area contributed by atoms with Gasteiger partial charge in [0, 0.05) is 13.6 Å². The Morgan fingerprint density at radius 1 is 1.03 bits per heavy atom. The maximum atomic E-state index is 12.5. The number of nitrogens with zero attached hydrogens (tertiary/aromatic N) is 1. The number of ether oxygens (including phenoxy) is 1. The number of rotatable bonds is 8. The van der Waals surface area contributed by atoms with Crippen LogP contribution in [0, 0.1) is 5.92 Å². The van der Waals surface area contributed by atoms with Crippen molar-refractivity contribution in [3.05, 3.63) is 70.7 Å². The number of carbonyl (C=O) groups excluding carboxylic acids is 3. The molecule has 0 aliphatic carbocycles. The van der Waals surface area contributed by atoms with Crippen LogP contribution < -0.4 is 5.32 Å². The van der Waals surface area contributed by atoms with Gasteiger partial charge in [-0.25, -0.2) is 4.79 Å². The smallest absolute Gasteiger partial charge is 0.329 e. The molecule has 0 saturated heterocycles. The Hall–Kier alpha value is -2.86. The van der Waals surface area contributed by atoms with E-state index in [1.165, 1.54) is 4.90 Å². The lowest BCUT2D eigenvalue weighted by Crippen LogP contribution is -2.46. The van der Waals surface area contributed by atoms with Crippen LogP contribution in [-0.2, 0) is 20.9 Å². The third-order valence-electron chi connectivity index (χ3n) is 4.35. The Bertz CT molecular complexity index is 855. The molecule has 1 atom stereocenters. The van der Waals surface area contributed by atoms with E-state index in [1.54, 1.807) is 45.2 Å². The summed E-state index contributed by atoms with van der Waals surface area (Å²) in [6.45, 7) is 3.58. The highest BCUT2D eigenvalue weighted by Gasteiger charge is 2.27. The number of likely N-dealkylation sites (N-methyl/N-ethyl adjacent to an activating group) is 1. The van der Waals surface area contributed by atoms with Gasteiger partial charge in [0.05, 0.1) is 10.6 Å². The van der Waals surface area contributed by atoms with Crippen LogP contribution in [0.15, 0.2) is 54.6 Å². The predicted octanol–water partition coefficient (Wildman–Crippen LogP) is 3.30. The number of halogens is 1. The molecule has 0 unspecified atom stereocenters. The molecule has 2 aromatic rings. The minimum atomic E-state index is -0.897. The molecule has 0 radical (unpaired) electrons. The van der Waals surface area contributed by atoms with Crippen LogP contribution in [-0.4, -0.2) is 42.4 Å². The predicted molar refractivity (Wildman–Crippen MR) is 111 cm³/mol. The van der Waals surface area contributed by atoms with Crippen molar-refractivity contribution in [2.24, 2.45) is 5.92 Å². The summed E-state index contributed by atoms with van der Waals surface area (Å²) in [5.74, 6) is -1.70. The minimum absolute atomic E-state index is 0.230. The number of carbonyl (C=O) groups is 3. The van der Waals surface area contributed by atoms with Crippen molar-refractivity contribution in [3.63, 3.8) is 0 Å². The molecule has 2 amide bonds. The van der Waals surface area contributed by atoms with Crippen molar-refractivity contribution in [3.8, 4) is 0 Å². The molecule has 0 spiro atoms. The van der Waals surface area contributed by atoms with Gasteiger partial charge in [0.25, 0.3) is 11.8 Å². The molecular weight excluding hydrogens is 392 g/mol. The highest BCUT2D eigenvalue weighted by atomic mass is 35.5. The molecule has 7 heteroatoms. The van der Waals surface area contributed by atoms with Crippen LogP contribution in [0.4, 0.5) is 0 Å². The highest BCUT2D eigenvalue weighted by molar-refractivity contribution is 6.33. The summed E-state index contributed by atoms with van der Waals surface area (Å²) >= 11 is 6.04. The number of hydrogen-bond acceptors (Lipinski definition) is 4. The number of amides is 2. The number of nitrogens with one attached hydrogen (secondary N) is 1. The Morgan fingerprint density at radius 3 is 2.28 bits per heavy atom. The molecular formula is C22H25ClN2O4. The second-order valence-electron chi connectivity index (χ2n) is 7.02. The standard InChI is InChI=1S/C22H25ClN2O4/c1-15(2)20(24-21(27)17-11-7-8-12-18(17)23)22(28)29-14-19(26)25(3)13-16-9-5-4-6-10-16/h4-12,15,20H,13-14H2,1-3H3,(H,24,27)/t20-/m1/s1. The summed E-state index contributed by atoms with van der Waals surface area (Å²) < 4.78 is 5.18. The Kier molecular flexibility index (Phi) is 8.21. The quantitative estimate of drug-likeness (QED) is 0.670. The van der Waals surface area contributed by atoms with Crippen LogP contribution in [0.3, 0.4) is 0 Å². The first kappa shape index (κ1) is 22.4. The molecule has 0 aliphatic rings. The zero-order chi connectivity index (χ0) is 21.4. The molecule has 154 valence electrons. The average molecular weight is 417 g/mol. The lowest BCUT2D eigenvalue weighted by molar-refractivity contribution is -0.154. The lowest BCUT2D eigenvalue weighted by atomic mass is 10.0. The summed E-state index contributed by atoms with van der Waals surface area (Å²) in [5.41, 5.74) is 1.24. The zero-order valence-electron chi connectivity index (χ0n) is 16.7. The maximum Gasteiger partial charge on any atom is 0.329 e. The van der Waals surface area contributed by atoms with E-state index in [4.69, 9.17) is 16.3 Å². The van der Waals surface area contributed by atoms with E-state index in [0.717, 1.165) is 5.56 Å². The van der Waals surface area contributed by atoms with Gasteiger partial charge in [0.15, 0.2) is 6.61 Å². The molecule has 0 heterocycles. The van der Waals surface area contributed by atoms with Crippen molar-refractivity contribution in [1.82, 2.24) is 10.2 Å². The van der Waals surface area contributed by atoms with Crippen LogP contribution in [0.25, 0.3) is 0 Å². The average Bonchev–Trinajstić information content (AvgIpc) is 2.70. The summed E-state index contributed by atoms with van der Waals surface area (Å²) in [7, 11) is 1.64. The minimum Gasteiger partial charge on any atom is -0.454 e. The number of hydrogen-bond donors (Lipinski definition) is 1. The summed E-state index contributed by atoms with van der Waals surface area (Å²) in [6.07, 6.45) is 0. The fraction of sp³-hybridized carbons (Fsp3) is 0.318. The van der Waals surface area contributed by atoms with Gasteiger partial charge in [0.2, 0.25) is 0 Å². The van der Waals surface area contributed by atoms with E-state index in [2.05, 4.69) is 5.32 Å². The van der Waals surface area contributed by atoms with Gasteiger partial charge in [-0.05, 0) is 23.6 Å². The van der Waals surface area contributed by atoms with Crippen LogP contribution >= 0.6 is 11.6 Å². The molecule has 1 N–H and O–H groups in total. The lowest BCUT2D eigenvalue weighted by Gasteiger charge is -2.22. The van der Waals surface area contributed by atoms with Gasteiger partial charge < -0.3 is 15.0 Å². The Balaban J connectivity index is 1.92. The molecule has 0 bridgehead atoms. The van der Waals surface area contributed by atoms with Crippen molar-refractivity contribution in [2.75, 3.05) is 13.7 Å². The van der Waals surface area contributed by atoms with E-state index in [1.807, 2.05) is 30.3 Å². The second kappa shape index (κ2) is 10.6. The monoisotopic (exact) mass is 416 g/mol. The first-order chi connectivity index (χ1) is 13.8. The van der Waals surface area contributed by atoms with Gasteiger partial charge in [0.1, 0.15) is 6.04 Å². The van der Waals surface area contributed by atoms with Crippen LogP contribution in [0.1, 0.15) is 29.8 Å². The summed E-state index contributed by atoms with van der Waals surface area (Å²) in [5, 5.41) is 2.93. The Morgan fingerprint density at radius 2 is 1.66 bits per heavy atom. The molecule has 0 saturated carbocycles. The molecule has 6 nitrogen and oxygen atoms in total. The second-order valence-corrected chi connectivity index (χ2v) is 7.43. The van der Waals surface area contributed by atoms with Crippen molar-refractivity contribution in [2.45, 2.75) is 26.4 Å². The summed E-state index contributed by atoms with van der Waals surface area (Å²) in [6, 6.07) is 15.2. The largest absolute Gasteiger partial charge is 0.454 e. The zero-order valence-corrected chi connectivity index (χ0v) is 17.5. The van der Waals surface area contributed by atoms with Gasteiger partial charge >= 0.3 is 5.97 Å². The first-order valence-electron chi connectivity index (χ1n) is 9.29. The third kappa shape index (κ3) is 6.61. The van der Waals surface area contributed by atoms with E-state index in [-0.39, 0.29) is 17.4 Å². The van der Waals surface area contributed by atoms with Gasteiger partial charge in [-0.15, -0.1) is 0 Å². The fourth-order valence-corrected chi connectivity index (χ4v) is 2.86. The SMILES string of the molecule is CC(C)[C@@H](NC(=O)c1ccccc1Cl)C(=O)OCC(=O)N(C)Cc1ccccc1. The third-order valence-corrected chi connectivity index (χ3v) is 4.68.